The molecule has 0 unspecified atom stereocenters. The fourth-order valence-electron chi connectivity index (χ4n) is 3.82. The minimum Gasteiger partial charge on any atom is -0.872 e. The third-order valence-corrected chi connectivity index (χ3v) is 6.52. The quantitative estimate of drug-likeness (QED) is 0.213. The molecule has 0 fully saturated rings. The molecule has 0 atom stereocenters. The Hall–Kier alpha value is -0.414. The summed E-state index contributed by atoms with van der Waals surface area (Å²) < 4.78 is 37.5. The molecular formula is C26H37KO5S. The monoisotopic (exact) mass is 500 g/mol. The number of aryl methyl sites for hydroxylation is 1. The van der Waals surface area contributed by atoms with E-state index >= 15 is 0 Å². The van der Waals surface area contributed by atoms with Crippen LogP contribution in [0.15, 0.2) is 47.4 Å². The largest absolute Gasteiger partial charge is 1.00 e. The molecule has 33 heavy (non-hydrogen) atoms. The van der Waals surface area contributed by atoms with Crippen molar-refractivity contribution >= 4 is 10.1 Å². The van der Waals surface area contributed by atoms with Gasteiger partial charge in [-0.25, -0.2) is 0 Å². The number of rotatable bonds is 16. The zero-order chi connectivity index (χ0) is 23.2. The molecule has 0 aliphatic heterocycles. The first kappa shape index (κ1) is 30.6. The summed E-state index contributed by atoms with van der Waals surface area (Å²) in [5.41, 5.74) is 1.16. The van der Waals surface area contributed by atoms with Crippen molar-refractivity contribution in [1.82, 2.24) is 0 Å². The Labute approximate surface area is 242 Å². The van der Waals surface area contributed by atoms with Crippen molar-refractivity contribution in [3.63, 3.8) is 0 Å². The molecule has 0 amide bonds. The molecule has 0 heterocycles. The first-order valence-electron chi connectivity index (χ1n) is 12.0. The fraction of sp³-hybridized carbons (Fsp3) is 0.538. The van der Waals surface area contributed by atoms with Crippen molar-refractivity contribution in [3.05, 3.63) is 48.0 Å². The molecule has 0 saturated heterocycles. The predicted molar refractivity (Wildman–Crippen MR) is 127 cm³/mol. The topological polar surface area (TPSA) is 86.7 Å². The fourth-order valence-corrected chi connectivity index (χ4v) is 4.41. The summed E-state index contributed by atoms with van der Waals surface area (Å²) in [7, 11) is -4.58. The SMILES string of the molecule is CCCCCCCCCCCCCCc1cccc(Oc2ccc([O-])c(S(=O)(=O)O)c2)c1.[K+]. The molecule has 5 nitrogen and oxygen atoms in total. The van der Waals surface area contributed by atoms with E-state index in [-0.39, 0.29) is 57.1 Å². The Morgan fingerprint density at radius 1 is 0.788 bits per heavy atom. The average molecular weight is 501 g/mol. The average Bonchev–Trinajstić information content (AvgIpc) is 2.75. The number of hydrogen-bond acceptors (Lipinski definition) is 4. The van der Waals surface area contributed by atoms with Crippen molar-refractivity contribution in [2.24, 2.45) is 0 Å². The summed E-state index contributed by atoms with van der Waals surface area (Å²) >= 11 is 0. The third-order valence-electron chi connectivity index (χ3n) is 5.65. The van der Waals surface area contributed by atoms with Crippen LogP contribution in [0.25, 0.3) is 0 Å². The maximum Gasteiger partial charge on any atom is 1.00 e. The van der Waals surface area contributed by atoms with E-state index < -0.39 is 20.8 Å². The van der Waals surface area contributed by atoms with Crippen LogP contribution < -0.4 is 61.2 Å². The maximum atomic E-state index is 11.6. The van der Waals surface area contributed by atoms with Gasteiger partial charge in [-0.15, -0.1) is 0 Å². The van der Waals surface area contributed by atoms with Crippen molar-refractivity contribution in [1.29, 1.82) is 0 Å². The second kappa shape index (κ2) is 17.1. The van der Waals surface area contributed by atoms with Gasteiger partial charge in [0.2, 0.25) is 0 Å². The van der Waals surface area contributed by atoms with E-state index in [9.17, 15) is 13.5 Å². The van der Waals surface area contributed by atoms with Crippen LogP contribution in [0.2, 0.25) is 0 Å². The van der Waals surface area contributed by atoms with Crippen LogP contribution in [0.5, 0.6) is 17.2 Å². The number of ether oxygens (including phenoxy) is 1. The van der Waals surface area contributed by atoms with E-state index in [2.05, 4.69) is 13.0 Å². The van der Waals surface area contributed by atoms with E-state index in [1.54, 1.807) is 6.07 Å². The standard InChI is InChI=1S/C26H38O5S.K/c1-2-3-4-5-6-7-8-9-10-11-12-13-15-22-16-14-17-23(20-22)31-24-18-19-25(27)26(21-24)32(28,29)30;/h14,16-21,27H,2-13,15H2,1H3,(H,28,29,30);/q;+1/p-1. The summed E-state index contributed by atoms with van der Waals surface area (Å²) in [6, 6.07) is 11.2. The van der Waals surface area contributed by atoms with Gasteiger partial charge in [-0.3, -0.25) is 4.55 Å². The summed E-state index contributed by atoms with van der Waals surface area (Å²) in [6.45, 7) is 2.25. The van der Waals surface area contributed by atoms with E-state index in [4.69, 9.17) is 9.29 Å². The van der Waals surface area contributed by atoms with Crippen molar-refractivity contribution in [3.8, 4) is 17.2 Å². The Balaban J connectivity index is 0.00000544. The van der Waals surface area contributed by atoms with Crippen LogP contribution in [0, 0.1) is 0 Å². The predicted octanol–water partition coefficient (Wildman–Crippen LogP) is 4.05. The molecule has 0 spiro atoms. The van der Waals surface area contributed by atoms with Crippen molar-refractivity contribution < 1.29 is 74.2 Å². The molecule has 2 aromatic rings. The van der Waals surface area contributed by atoms with Crippen molar-refractivity contribution in [2.75, 3.05) is 0 Å². The summed E-state index contributed by atoms with van der Waals surface area (Å²) in [5, 5.41) is 11.6. The van der Waals surface area contributed by atoms with Crippen LogP contribution in [0.3, 0.4) is 0 Å². The second-order valence-corrected chi connectivity index (χ2v) is 9.86. The van der Waals surface area contributed by atoms with E-state index in [0.29, 0.717) is 5.75 Å². The minimum absolute atomic E-state index is 0. The van der Waals surface area contributed by atoms with Gasteiger partial charge in [0.25, 0.3) is 10.1 Å². The Morgan fingerprint density at radius 2 is 1.33 bits per heavy atom. The van der Waals surface area contributed by atoms with Crippen LogP contribution >= 0.6 is 0 Å². The molecule has 0 saturated carbocycles. The van der Waals surface area contributed by atoms with Crippen LogP contribution in [0.1, 0.15) is 89.5 Å². The number of unbranched alkanes of at least 4 members (excludes halogenated alkanes) is 11. The maximum absolute atomic E-state index is 11.6. The van der Waals surface area contributed by atoms with Gasteiger partial charge in [0.15, 0.2) is 0 Å². The second-order valence-electron chi connectivity index (χ2n) is 8.47. The Morgan fingerprint density at radius 3 is 1.91 bits per heavy atom. The molecular weight excluding hydrogens is 463 g/mol. The zero-order valence-electron chi connectivity index (χ0n) is 20.2. The minimum atomic E-state index is -4.58. The first-order valence-corrected chi connectivity index (χ1v) is 13.4. The Bertz CT molecular complexity index is 915. The summed E-state index contributed by atoms with van der Waals surface area (Å²) in [6.07, 6.45) is 16.8. The normalized spacial score (nSPS) is 11.2. The molecule has 2 aromatic carbocycles. The molecule has 0 aliphatic rings. The van der Waals surface area contributed by atoms with Gasteiger partial charge in [-0.1, -0.05) is 102 Å². The number of hydrogen-bond donors (Lipinski definition) is 1. The van der Waals surface area contributed by atoms with Gasteiger partial charge in [0.1, 0.15) is 11.5 Å². The molecule has 0 radical (unpaired) electrons. The van der Waals surface area contributed by atoms with Gasteiger partial charge < -0.3 is 9.84 Å². The molecule has 2 rings (SSSR count). The summed E-state index contributed by atoms with van der Waals surface area (Å²) in [5.74, 6) is 0.00156. The molecule has 178 valence electrons. The van der Waals surface area contributed by atoms with Gasteiger partial charge in [0, 0.05) is 6.07 Å². The number of benzene rings is 2. The van der Waals surface area contributed by atoms with Gasteiger partial charge in [-0.05, 0) is 36.6 Å². The van der Waals surface area contributed by atoms with Crippen LogP contribution in [-0.2, 0) is 16.5 Å². The van der Waals surface area contributed by atoms with E-state index in [1.165, 1.54) is 76.7 Å². The van der Waals surface area contributed by atoms with Gasteiger partial charge >= 0.3 is 51.4 Å². The Kier molecular flexibility index (Phi) is 15.9. The summed E-state index contributed by atoms with van der Waals surface area (Å²) in [4.78, 5) is -0.678. The van der Waals surface area contributed by atoms with Gasteiger partial charge in [0.05, 0.1) is 4.90 Å². The molecule has 0 aromatic heterocycles. The van der Waals surface area contributed by atoms with E-state index in [1.807, 2.05) is 12.1 Å². The zero-order valence-corrected chi connectivity index (χ0v) is 24.2. The first-order chi connectivity index (χ1) is 15.4. The molecule has 0 bridgehead atoms. The molecule has 0 aliphatic carbocycles. The smallest absolute Gasteiger partial charge is 0.872 e. The van der Waals surface area contributed by atoms with E-state index in [0.717, 1.165) is 30.5 Å². The molecule has 7 heteroatoms. The van der Waals surface area contributed by atoms with Crippen molar-refractivity contribution in [2.45, 2.75) is 95.3 Å². The third kappa shape index (κ3) is 12.7. The molecule has 1 N–H and O–H groups in total. The van der Waals surface area contributed by atoms with Gasteiger partial charge in [-0.2, -0.15) is 8.42 Å². The van der Waals surface area contributed by atoms with Crippen LogP contribution in [0.4, 0.5) is 0 Å². The van der Waals surface area contributed by atoms with Crippen LogP contribution in [-0.4, -0.2) is 13.0 Å².